The second-order valence-corrected chi connectivity index (χ2v) is 5.17. The molecule has 0 saturated carbocycles. The van der Waals surface area contributed by atoms with E-state index in [1.54, 1.807) is 0 Å². The Hall–Kier alpha value is -1.74. The van der Waals surface area contributed by atoms with Crippen molar-refractivity contribution in [3.8, 4) is 0 Å². The van der Waals surface area contributed by atoms with Crippen LogP contribution in [0.1, 0.15) is 22.3 Å². The Morgan fingerprint density at radius 3 is 2.25 bits per heavy atom. The smallest absolute Gasteiger partial charge is 0.129 e. The molecule has 1 atom stereocenters. The highest BCUT2D eigenvalue weighted by atomic mass is 19.1. The van der Waals surface area contributed by atoms with Crippen molar-refractivity contribution >= 4 is 0 Å². The Morgan fingerprint density at radius 1 is 1.00 bits per heavy atom. The van der Waals surface area contributed by atoms with E-state index in [1.807, 2.05) is 32.0 Å². The lowest BCUT2D eigenvalue weighted by atomic mass is 9.95. The van der Waals surface area contributed by atoms with Gasteiger partial charge in [0, 0.05) is 12.5 Å². The molecule has 0 fully saturated rings. The van der Waals surface area contributed by atoms with E-state index in [1.165, 1.54) is 12.1 Å². The molecule has 2 aromatic carbocycles. The molecular formula is C17H18F2O. The van der Waals surface area contributed by atoms with E-state index in [-0.39, 0.29) is 6.42 Å². The van der Waals surface area contributed by atoms with Gasteiger partial charge in [-0.3, -0.25) is 0 Å². The molecule has 0 spiro atoms. The van der Waals surface area contributed by atoms with Crippen molar-refractivity contribution in [2.75, 3.05) is 0 Å². The molecule has 3 heteroatoms. The number of benzene rings is 2. The Balaban J connectivity index is 2.11. The Labute approximate surface area is 117 Å². The minimum absolute atomic E-state index is 0.180. The summed E-state index contributed by atoms with van der Waals surface area (Å²) in [6.07, 6.45) is -0.0374. The summed E-state index contributed by atoms with van der Waals surface area (Å²) in [5.41, 5.74) is 3.65. The molecule has 20 heavy (non-hydrogen) atoms. The fourth-order valence-corrected chi connectivity index (χ4v) is 2.42. The predicted molar refractivity (Wildman–Crippen MR) is 75.7 cm³/mol. The largest absolute Gasteiger partial charge is 0.392 e. The Bertz CT molecular complexity index is 588. The van der Waals surface area contributed by atoms with Crippen molar-refractivity contribution in [2.24, 2.45) is 0 Å². The number of aliphatic hydroxyl groups is 1. The zero-order chi connectivity index (χ0) is 14.7. The summed E-state index contributed by atoms with van der Waals surface area (Å²) in [4.78, 5) is 0. The second kappa shape index (κ2) is 6.14. The van der Waals surface area contributed by atoms with E-state index in [0.717, 1.165) is 22.8 Å². The van der Waals surface area contributed by atoms with Crippen LogP contribution in [0.4, 0.5) is 8.78 Å². The highest BCUT2D eigenvalue weighted by molar-refractivity contribution is 5.34. The van der Waals surface area contributed by atoms with Crippen LogP contribution in [-0.2, 0) is 12.8 Å². The number of hydrogen-bond acceptors (Lipinski definition) is 1. The summed E-state index contributed by atoms with van der Waals surface area (Å²) in [5, 5.41) is 10.1. The normalized spacial score (nSPS) is 12.4. The van der Waals surface area contributed by atoms with Crippen molar-refractivity contribution < 1.29 is 13.9 Å². The van der Waals surface area contributed by atoms with Crippen molar-refractivity contribution in [3.63, 3.8) is 0 Å². The quantitative estimate of drug-likeness (QED) is 0.902. The minimum atomic E-state index is -0.685. The van der Waals surface area contributed by atoms with Crippen LogP contribution in [0.25, 0.3) is 0 Å². The first kappa shape index (κ1) is 14.7. The first-order valence-corrected chi connectivity index (χ1v) is 6.64. The molecule has 0 aliphatic carbocycles. The lowest BCUT2D eigenvalue weighted by molar-refractivity contribution is 0.173. The molecule has 106 valence electrons. The van der Waals surface area contributed by atoms with E-state index >= 15 is 0 Å². The molecule has 0 radical (unpaired) electrons. The van der Waals surface area contributed by atoms with Crippen molar-refractivity contribution in [1.29, 1.82) is 0 Å². The first-order valence-electron chi connectivity index (χ1n) is 6.64. The number of halogens is 2. The average molecular weight is 276 g/mol. The van der Waals surface area contributed by atoms with Gasteiger partial charge in [-0.15, -0.1) is 0 Å². The van der Waals surface area contributed by atoms with Gasteiger partial charge in [-0.2, -0.15) is 0 Å². The van der Waals surface area contributed by atoms with Gasteiger partial charge < -0.3 is 5.11 Å². The highest BCUT2D eigenvalue weighted by Crippen LogP contribution is 2.18. The Kier molecular flexibility index (Phi) is 4.50. The van der Waals surface area contributed by atoms with E-state index in [0.29, 0.717) is 12.0 Å². The Morgan fingerprint density at radius 2 is 1.65 bits per heavy atom. The van der Waals surface area contributed by atoms with Crippen molar-refractivity contribution in [2.45, 2.75) is 32.8 Å². The fraction of sp³-hybridized carbons (Fsp3) is 0.294. The summed E-state index contributed by atoms with van der Waals surface area (Å²) in [7, 11) is 0. The summed E-state index contributed by atoms with van der Waals surface area (Å²) in [6, 6.07) is 9.41. The zero-order valence-electron chi connectivity index (χ0n) is 11.7. The third-order valence-corrected chi connectivity index (χ3v) is 3.55. The third kappa shape index (κ3) is 3.42. The van der Waals surface area contributed by atoms with Crippen LogP contribution in [0.3, 0.4) is 0 Å². The molecule has 0 saturated heterocycles. The molecule has 0 heterocycles. The molecule has 1 unspecified atom stereocenters. The van der Waals surface area contributed by atoms with Gasteiger partial charge >= 0.3 is 0 Å². The monoisotopic (exact) mass is 276 g/mol. The molecule has 1 N–H and O–H groups in total. The van der Waals surface area contributed by atoms with Crippen LogP contribution < -0.4 is 0 Å². The first-order chi connectivity index (χ1) is 9.47. The van der Waals surface area contributed by atoms with Gasteiger partial charge in [0.2, 0.25) is 0 Å². The minimum Gasteiger partial charge on any atom is -0.392 e. The molecule has 0 amide bonds. The van der Waals surface area contributed by atoms with Gasteiger partial charge in [-0.1, -0.05) is 24.3 Å². The molecular weight excluding hydrogens is 258 g/mol. The SMILES string of the molecule is Cc1cccc(C)c1CC(O)Cc1ccc(F)cc1F. The highest BCUT2D eigenvalue weighted by Gasteiger charge is 2.13. The maximum Gasteiger partial charge on any atom is 0.129 e. The molecule has 0 aromatic heterocycles. The maximum absolute atomic E-state index is 13.6. The van der Waals surface area contributed by atoms with E-state index in [2.05, 4.69) is 0 Å². The van der Waals surface area contributed by atoms with Gasteiger partial charge in [0.25, 0.3) is 0 Å². The van der Waals surface area contributed by atoms with Gasteiger partial charge in [0.15, 0.2) is 0 Å². The molecule has 0 aliphatic rings. The number of hydrogen-bond donors (Lipinski definition) is 1. The van der Waals surface area contributed by atoms with Crippen LogP contribution in [0.15, 0.2) is 36.4 Å². The van der Waals surface area contributed by atoms with Crippen LogP contribution in [0, 0.1) is 25.5 Å². The molecule has 0 bridgehead atoms. The summed E-state index contributed by atoms with van der Waals surface area (Å²) in [5.74, 6) is -1.21. The maximum atomic E-state index is 13.6. The molecule has 2 rings (SSSR count). The standard InChI is InChI=1S/C17H18F2O/c1-11-4-3-5-12(2)16(11)10-15(20)8-13-6-7-14(18)9-17(13)19/h3-7,9,15,20H,8,10H2,1-2H3. The van der Waals surface area contributed by atoms with E-state index in [4.69, 9.17) is 0 Å². The predicted octanol–water partition coefficient (Wildman–Crippen LogP) is 3.73. The van der Waals surface area contributed by atoms with Gasteiger partial charge in [-0.25, -0.2) is 8.78 Å². The summed E-state index contributed by atoms with van der Waals surface area (Å²) < 4.78 is 26.4. The zero-order valence-corrected chi connectivity index (χ0v) is 11.7. The van der Waals surface area contributed by atoms with Crippen molar-refractivity contribution in [1.82, 2.24) is 0 Å². The molecule has 1 nitrogen and oxygen atoms in total. The molecule has 0 aliphatic heterocycles. The topological polar surface area (TPSA) is 20.2 Å². The fourth-order valence-electron chi connectivity index (χ4n) is 2.42. The van der Waals surface area contributed by atoms with Crippen LogP contribution in [-0.4, -0.2) is 11.2 Å². The number of rotatable bonds is 4. The molecule has 2 aromatic rings. The van der Waals surface area contributed by atoms with Crippen molar-refractivity contribution in [3.05, 3.63) is 70.3 Å². The van der Waals surface area contributed by atoms with Gasteiger partial charge in [0.05, 0.1) is 6.10 Å². The average Bonchev–Trinajstić information content (AvgIpc) is 2.37. The third-order valence-electron chi connectivity index (χ3n) is 3.55. The van der Waals surface area contributed by atoms with Crippen LogP contribution in [0.5, 0.6) is 0 Å². The summed E-state index contributed by atoms with van der Waals surface area (Å²) in [6.45, 7) is 3.99. The van der Waals surface area contributed by atoms with Gasteiger partial charge in [-0.05, 0) is 48.6 Å². The van der Waals surface area contributed by atoms with Crippen LogP contribution in [0.2, 0.25) is 0 Å². The number of aliphatic hydroxyl groups excluding tert-OH is 1. The second-order valence-electron chi connectivity index (χ2n) is 5.17. The lowest BCUT2D eigenvalue weighted by Gasteiger charge is -2.15. The lowest BCUT2D eigenvalue weighted by Crippen LogP contribution is -2.16. The van der Waals surface area contributed by atoms with Crippen LogP contribution >= 0.6 is 0 Å². The summed E-state index contributed by atoms with van der Waals surface area (Å²) >= 11 is 0. The van der Waals surface area contributed by atoms with E-state index < -0.39 is 17.7 Å². The van der Waals surface area contributed by atoms with E-state index in [9.17, 15) is 13.9 Å². The number of aryl methyl sites for hydroxylation is 2. The van der Waals surface area contributed by atoms with Gasteiger partial charge in [0.1, 0.15) is 11.6 Å².